The number of carbonyl (C=O) groups is 3. The van der Waals surface area contributed by atoms with E-state index in [1.54, 1.807) is 4.90 Å². The third-order valence-electron chi connectivity index (χ3n) is 3.79. The lowest BCUT2D eigenvalue weighted by Gasteiger charge is -2.24. The van der Waals surface area contributed by atoms with Gasteiger partial charge in [-0.3, -0.25) is 9.59 Å². The molecule has 0 aliphatic carbocycles. The Kier molecular flexibility index (Phi) is 3.75. The molecule has 1 unspecified atom stereocenters. The van der Waals surface area contributed by atoms with Crippen molar-refractivity contribution in [2.24, 2.45) is 5.92 Å². The Morgan fingerprint density at radius 3 is 2.58 bits per heavy atom. The summed E-state index contributed by atoms with van der Waals surface area (Å²) in [5, 5.41) is 18.6. The van der Waals surface area contributed by atoms with Gasteiger partial charge in [-0.15, -0.1) is 0 Å². The van der Waals surface area contributed by atoms with Crippen LogP contribution in [0.1, 0.15) is 19.8 Å². The van der Waals surface area contributed by atoms with Gasteiger partial charge in [0, 0.05) is 32.5 Å². The molecule has 2 aliphatic rings. The smallest absolute Gasteiger partial charge is 0.326 e. The number of likely N-dealkylation sites (tertiary alicyclic amines) is 2. The summed E-state index contributed by atoms with van der Waals surface area (Å²) in [6.07, 6.45) is -0.616. The van der Waals surface area contributed by atoms with Crippen LogP contribution in [0.15, 0.2) is 0 Å². The number of hydrogen-bond donors (Lipinski definition) is 2. The molecule has 2 fully saturated rings. The maximum absolute atomic E-state index is 12.3. The summed E-state index contributed by atoms with van der Waals surface area (Å²) in [4.78, 5) is 37.8. The van der Waals surface area contributed by atoms with Crippen molar-refractivity contribution in [3.63, 3.8) is 0 Å². The van der Waals surface area contributed by atoms with E-state index >= 15 is 0 Å². The summed E-state index contributed by atoms with van der Waals surface area (Å²) < 4.78 is 0. The SMILES string of the molecule is CCN1CC(C(=O)N2C[C@H](O)C[C@@H]2C(=O)O)CC1=O. The first-order chi connectivity index (χ1) is 8.93. The van der Waals surface area contributed by atoms with Crippen LogP contribution in [0, 0.1) is 5.92 Å². The summed E-state index contributed by atoms with van der Waals surface area (Å²) in [6, 6.07) is -0.978. The second-order valence-corrected chi connectivity index (χ2v) is 5.07. The molecular formula is C12H18N2O5. The minimum absolute atomic E-state index is 0.0343. The minimum atomic E-state index is -1.11. The van der Waals surface area contributed by atoms with Crippen molar-refractivity contribution in [1.82, 2.24) is 9.80 Å². The van der Waals surface area contributed by atoms with Crippen LogP contribution in [-0.4, -0.2) is 69.6 Å². The molecule has 7 heteroatoms. The molecule has 2 N–H and O–H groups in total. The van der Waals surface area contributed by atoms with Crippen LogP contribution in [0.4, 0.5) is 0 Å². The maximum atomic E-state index is 12.3. The Morgan fingerprint density at radius 1 is 1.37 bits per heavy atom. The summed E-state index contributed by atoms with van der Waals surface area (Å²) in [5.74, 6) is -2.01. The summed E-state index contributed by atoms with van der Waals surface area (Å²) in [5.41, 5.74) is 0. The van der Waals surface area contributed by atoms with E-state index < -0.39 is 24.0 Å². The van der Waals surface area contributed by atoms with Gasteiger partial charge in [0.05, 0.1) is 12.0 Å². The highest BCUT2D eigenvalue weighted by Crippen LogP contribution is 2.25. The van der Waals surface area contributed by atoms with Crippen molar-refractivity contribution in [3.05, 3.63) is 0 Å². The van der Waals surface area contributed by atoms with Crippen LogP contribution >= 0.6 is 0 Å². The predicted octanol–water partition coefficient (Wildman–Crippen LogP) is -1.10. The number of rotatable bonds is 3. The van der Waals surface area contributed by atoms with Gasteiger partial charge in [0.15, 0.2) is 0 Å². The summed E-state index contributed by atoms with van der Waals surface area (Å²) in [6.45, 7) is 2.76. The van der Waals surface area contributed by atoms with E-state index in [0.29, 0.717) is 13.1 Å². The molecule has 2 saturated heterocycles. The largest absolute Gasteiger partial charge is 0.480 e. The molecule has 7 nitrogen and oxygen atoms in total. The average molecular weight is 270 g/mol. The molecule has 0 spiro atoms. The third kappa shape index (κ3) is 2.56. The van der Waals surface area contributed by atoms with Gasteiger partial charge in [0.1, 0.15) is 6.04 Å². The number of amides is 2. The second kappa shape index (κ2) is 5.16. The number of aliphatic carboxylic acids is 1. The van der Waals surface area contributed by atoms with E-state index in [4.69, 9.17) is 5.11 Å². The van der Waals surface area contributed by atoms with Crippen molar-refractivity contribution in [1.29, 1.82) is 0 Å². The van der Waals surface area contributed by atoms with Gasteiger partial charge in [-0.1, -0.05) is 0 Å². The Morgan fingerprint density at radius 2 is 2.05 bits per heavy atom. The number of hydrogen-bond acceptors (Lipinski definition) is 4. The first kappa shape index (κ1) is 13.8. The molecule has 0 saturated carbocycles. The molecule has 0 aromatic heterocycles. The number of β-amino-alcohol motifs (C(OH)–C–C–N with tert-alkyl or cyclic N) is 1. The van der Waals surface area contributed by atoms with Gasteiger partial charge in [0.2, 0.25) is 11.8 Å². The monoisotopic (exact) mass is 270 g/mol. The van der Waals surface area contributed by atoms with Crippen LogP contribution in [0.25, 0.3) is 0 Å². The van der Waals surface area contributed by atoms with Gasteiger partial charge < -0.3 is 20.0 Å². The zero-order chi connectivity index (χ0) is 14.2. The van der Waals surface area contributed by atoms with E-state index in [1.807, 2.05) is 6.92 Å². The van der Waals surface area contributed by atoms with E-state index in [0.717, 1.165) is 0 Å². The minimum Gasteiger partial charge on any atom is -0.480 e. The van der Waals surface area contributed by atoms with Crippen LogP contribution in [-0.2, 0) is 14.4 Å². The Hall–Kier alpha value is -1.63. The molecule has 2 heterocycles. The summed E-state index contributed by atoms with van der Waals surface area (Å²) in [7, 11) is 0. The number of carboxylic acids is 1. The Balaban J connectivity index is 2.07. The van der Waals surface area contributed by atoms with Crippen molar-refractivity contribution in [3.8, 4) is 0 Å². The second-order valence-electron chi connectivity index (χ2n) is 5.07. The van der Waals surface area contributed by atoms with E-state index in [1.165, 1.54) is 4.90 Å². The van der Waals surface area contributed by atoms with Gasteiger partial charge in [-0.25, -0.2) is 4.79 Å². The normalized spacial score (nSPS) is 31.1. The fourth-order valence-electron chi connectivity index (χ4n) is 2.77. The van der Waals surface area contributed by atoms with E-state index in [2.05, 4.69) is 0 Å². The fraction of sp³-hybridized carbons (Fsp3) is 0.750. The predicted molar refractivity (Wildman–Crippen MR) is 64.1 cm³/mol. The maximum Gasteiger partial charge on any atom is 0.326 e. The number of aliphatic hydroxyl groups is 1. The highest BCUT2D eigenvalue weighted by molar-refractivity contribution is 5.91. The van der Waals surface area contributed by atoms with E-state index in [9.17, 15) is 19.5 Å². The molecule has 0 aromatic carbocycles. The zero-order valence-corrected chi connectivity index (χ0v) is 10.8. The average Bonchev–Trinajstić information content (AvgIpc) is 2.91. The van der Waals surface area contributed by atoms with Crippen molar-refractivity contribution < 1.29 is 24.6 Å². The lowest BCUT2D eigenvalue weighted by Crippen LogP contribution is -2.44. The standard InChI is InChI=1S/C12H18N2O5/c1-2-13-5-7(3-10(13)16)11(17)14-6-8(15)4-9(14)12(18)19/h7-9,15H,2-6H2,1H3,(H,18,19)/t7?,8-,9-/m1/s1. The Bertz CT molecular complexity index is 411. The topological polar surface area (TPSA) is 98.2 Å². The van der Waals surface area contributed by atoms with Gasteiger partial charge in [-0.2, -0.15) is 0 Å². The molecule has 0 radical (unpaired) electrons. The van der Waals surface area contributed by atoms with Crippen LogP contribution in [0.2, 0.25) is 0 Å². The molecular weight excluding hydrogens is 252 g/mol. The number of carbonyl (C=O) groups excluding carboxylic acids is 2. The molecule has 0 aromatic rings. The number of nitrogens with zero attached hydrogens (tertiary/aromatic N) is 2. The van der Waals surface area contributed by atoms with Crippen molar-refractivity contribution >= 4 is 17.8 Å². The van der Waals surface area contributed by atoms with Crippen molar-refractivity contribution in [2.75, 3.05) is 19.6 Å². The molecule has 0 bridgehead atoms. The number of aliphatic hydroxyl groups excluding tert-OH is 1. The Labute approximate surface area is 110 Å². The van der Waals surface area contributed by atoms with E-state index in [-0.39, 0.29) is 31.2 Å². The fourth-order valence-corrected chi connectivity index (χ4v) is 2.77. The quantitative estimate of drug-likeness (QED) is 0.678. The van der Waals surface area contributed by atoms with Crippen LogP contribution in [0.3, 0.4) is 0 Å². The van der Waals surface area contributed by atoms with Gasteiger partial charge >= 0.3 is 5.97 Å². The lowest BCUT2D eigenvalue weighted by molar-refractivity contribution is -0.149. The lowest BCUT2D eigenvalue weighted by atomic mass is 10.1. The first-order valence-corrected chi connectivity index (χ1v) is 6.43. The zero-order valence-electron chi connectivity index (χ0n) is 10.8. The van der Waals surface area contributed by atoms with Gasteiger partial charge in [0.25, 0.3) is 0 Å². The molecule has 3 atom stereocenters. The van der Waals surface area contributed by atoms with Crippen LogP contribution < -0.4 is 0 Å². The molecule has 2 aliphatic heterocycles. The first-order valence-electron chi connectivity index (χ1n) is 6.43. The third-order valence-corrected chi connectivity index (χ3v) is 3.79. The number of carboxylic acid groups (broad SMARTS) is 1. The summed E-state index contributed by atoms with van der Waals surface area (Å²) >= 11 is 0. The van der Waals surface area contributed by atoms with Crippen LogP contribution in [0.5, 0.6) is 0 Å². The van der Waals surface area contributed by atoms with Gasteiger partial charge in [-0.05, 0) is 6.92 Å². The van der Waals surface area contributed by atoms with Crippen molar-refractivity contribution in [2.45, 2.75) is 31.9 Å². The molecule has 2 rings (SSSR count). The highest BCUT2D eigenvalue weighted by atomic mass is 16.4. The molecule has 2 amide bonds. The molecule has 106 valence electrons. The highest BCUT2D eigenvalue weighted by Gasteiger charge is 2.43. The molecule has 19 heavy (non-hydrogen) atoms.